The van der Waals surface area contributed by atoms with Crippen LogP contribution in [0, 0.1) is 0 Å². The van der Waals surface area contributed by atoms with E-state index in [4.69, 9.17) is 5.90 Å². The lowest BCUT2D eigenvalue weighted by atomic mass is 10.1. The zero-order chi connectivity index (χ0) is 11.2. The molecule has 1 fully saturated rings. The summed E-state index contributed by atoms with van der Waals surface area (Å²) in [6.07, 6.45) is 4.06. The Morgan fingerprint density at radius 1 is 1.12 bits per heavy atom. The Bertz CT molecular complexity index is 321. The first-order chi connectivity index (χ1) is 7.88. The van der Waals surface area contributed by atoms with Gasteiger partial charge in [-0.25, -0.2) is 5.90 Å². The number of likely N-dealkylation sites (tertiary alicyclic amines) is 1. The third kappa shape index (κ3) is 3.30. The molecule has 3 heteroatoms. The Labute approximate surface area is 97.1 Å². The highest BCUT2D eigenvalue weighted by Crippen LogP contribution is 2.14. The summed E-state index contributed by atoms with van der Waals surface area (Å²) in [7, 11) is 0. The Morgan fingerprint density at radius 3 is 2.62 bits per heavy atom. The van der Waals surface area contributed by atoms with Crippen LogP contribution in [0.15, 0.2) is 24.3 Å². The van der Waals surface area contributed by atoms with Crippen LogP contribution < -0.4 is 5.90 Å². The van der Waals surface area contributed by atoms with E-state index in [1.165, 1.54) is 37.9 Å². The third-order valence-corrected chi connectivity index (χ3v) is 3.10. The van der Waals surface area contributed by atoms with Crippen LogP contribution in [0.3, 0.4) is 0 Å². The summed E-state index contributed by atoms with van der Waals surface area (Å²) in [5, 5.41) is 0. The van der Waals surface area contributed by atoms with Crippen molar-refractivity contribution in [1.29, 1.82) is 0 Å². The molecule has 1 aliphatic heterocycles. The number of nitrogens with two attached hydrogens (primary N) is 1. The molecule has 1 heterocycles. The molecule has 0 spiro atoms. The van der Waals surface area contributed by atoms with E-state index >= 15 is 0 Å². The first kappa shape index (κ1) is 11.6. The minimum Gasteiger partial charge on any atom is -0.300 e. The number of hydrogen-bond donors (Lipinski definition) is 1. The molecule has 0 radical (unpaired) electrons. The van der Waals surface area contributed by atoms with Crippen molar-refractivity contribution < 1.29 is 4.84 Å². The van der Waals surface area contributed by atoms with Crippen molar-refractivity contribution in [3.05, 3.63) is 35.4 Å². The van der Waals surface area contributed by atoms with E-state index in [9.17, 15) is 0 Å². The highest BCUT2D eigenvalue weighted by molar-refractivity contribution is 5.22. The zero-order valence-electron chi connectivity index (χ0n) is 9.69. The zero-order valence-corrected chi connectivity index (χ0v) is 9.69. The van der Waals surface area contributed by atoms with Crippen molar-refractivity contribution in [2.75, 3.05) is 13.1 Å². The Morgan fingerprint density at radius 2 is 1.88 bits per heavy atom. The molecular weight excluding hydrogens is 200 g/mol. The minimum atomic E-state index is 0.494. The van der Waals surface area contributed by atoms with Gasteiger partial charge in [-0.05, 0) is 37.1 Å². The van der Waals surface area contributed by atoms with Gasteiger partial charge in [0.05, 0.1) is 6.61 Å². The SMILES string of the molecule is NOCc1cccc(CN2CCCCC2)c1. The molecule has 1 aromatic carbocycles. The Kier molecular flexibility index (Phi) is 4.34. The van der Waals surface area contributed by atoms with E-state index in [1.807, 2.05) is 6.07 Å². The van der Waals surface area contributed by atoms with Crippen molar-refractivity contribution in [2.24, 2.45) is 5.90 Å². The highest BCUT2D eigenvalue weighted by atomic mass is 16.6. The molecule has 0 amide bonds. The summed E-state index contributed by atoms with van der Waals surface area (Å²) in [4.78, 5) is 7.18. The molecule has 88 valence electrons. The van der Waals surface area contributed by atoms with Crippen LogP contribution in [0.2, 0.25) is 0 Å². The first-order valence-electron chi connectivity index (χ1n) is 6.00. The number of hydrogen-bond acceptors (Lipinski definition) is 3. The summed E-state index contributed by atoms with van der Waals surface area (Å²) in [6, 6.07) is 8.48. The molecular formula is C13H20N2O. The standard InChI is InChI=1S/C13H20N2O/c14-16-11-13-6-4-5-12(9-13)10-15-7-2-1-3-8-15/h4-6,9H,1-3,7-8,10-11,14H2. The quantitative estimate of drug-likeness (QED) is 0.789. The summed E-state index contributed by atoms with van der Waals surface area (Å²) in [6.45, 7) is 4.02. The highest BCUT2D eigenvalue weighted by Gasteiger charge is 2.10. The molecule has 1 aromatic rings. The predicted molar refractivity (Wildman–Crippen MR) is 64.5 cm³/mol. The fraction of sp³-hybridized carbons (Fsp3) is 0.538. The van der Waals surface area contributed by atoms with Crippen molar-refractivity contribution in [3.8, 4) is 0 Å². The maximum Gasteiger partial charge on any atom is 0.0930 e. The maximum absolute atomic E-state index is 5.08. The predicted octanol–water partition coefficient (Wildman–Crippen LogP) is 2.06. The average molecular weight is 220 g/mol. The van der Waals surface area contributed by atoms with Gasteiger partial charge in [0.2, 0.25) is 0 Å². The maximum atomic E-state index is 5.08. The molecule has 3 nitrogen and oxygen atoms in total. The van der Waals surface area contributed by atoms with Gasteiger partial charge in [-0.2, -0.15) is 0 Å². The van der Waals surface area contributed by atoms with Crippen LogP contribution in [-0.2, 0) is 18.0 Å². The van der Waals surface area contributed by atoms with Crippen LogP contribution >= 0.6 is 0 Å². The molecule has 0 aliphatic carbocycles. The molecule has 1 saturated heterocycles. The van der Waals surface area contributed by atoms with Gasteiger partial charge in [0.25, 0.3) is 0 Å². The molecule has 0 aromatic heterocycles. The van der Waals surface area contributed by atoms with Gasteiger partial charge in [-0.3, -0.25) is 9.74 Å². The molecule has 0 bridgehead atoms. The van der Waals surface area contributed by atoms with Crippen molar-refractivity contribution in [1.82, 2.24) is 4.90 Å². The monoisotopic (exact) mass is 220 g/mol. The van der Waals surface area contributed by atoms with Gasteiger partial charge in [0, 0.05) is 6.54 Å². The Hall–Kier alpha value is -0.900. The second-order valence-corrected chi connectivity index (χ2v) is 4.47. The number of piperidine rings is 1. The lowest BCUT2D eigenvalue weighted by Crippen LogP contribution is -2.29. The second kappa shape index (κ2) is 5.99. The van der Waals surface area contributed by atoms with Crippen LogP contribution in [0.5, 0.6) is 0 Å². The van der Waals surface area contributed by atoms with E-state index in [0.717, 1.165) is 12.1 Å². The number of nitrogens with zero attached hydrogens (tertiary/aromatic N) is 1. The molecule has 2 N–H and O–H groups in total. The van der Waals surface area contributed by atoms with Gasteiger partial charge in [-0.1, -0.05) is 30.7 Å². The molecule has 0 unspecified atom stereocenters. The van der Waals surface area contributed by atoms with Crippen LogP contribution in [0.1, 0.15) is 30.4 Å². The van der Waals surface area contributed by atoms with Gasteiger partial charge in [0.15, 0.2) is 0 Å². The fourth-order valence-electron chi connectivity index (χ4n) is 2.29. The van der Waals surface area contributed by atoms with Crippen molar-refractivity contribution >= 4 is 0 Å². The van der Waals surface area contributed by atoms with E-state index in [0.29, 0.717) is 6.61 Å². The second-order valence-electron chi connectivity index (χ2n) is 4.47. The van der Waals surface area contributed by atoms with Crippen molar-refractivity contribution in [3.63, 3.8) is 0 Å². The fourth-order valence-corrected chi connectivity index (χ4v) is 2.29. The van der Waals surface area contributed by atoms with Crippen LogP contribution in [0.4, 0.5) is 0 Å². The smallest absolute Gasteiger partial charge is 0.0930 e. The van der Waals surface area contributed by atoms with E-state index in [1.54, 1.807) is 0 Å². The molecule has 0 atom stereocenters. The first-order valence-corrected chi connectivity index (χ1v) is 6.00. The van der Waals surface area contributed by atoms with Gasteiger partial charge < -0.3 is 0 Å². The molecule has 16 heavy (non-hydrogen) atoms. The van der Waals surface area contributed by atoms with E-state index < -0.39 is 0 Å². The van der Waals surface area contributed by atoms with Crippen LogP contribution in [-0.4, -0.2) is 18.0 Å². The topological polar surface area (TPSA) is 38.5 Å². The summed E-state index contributed by atoms with van der Waals surface area (Å²) in [5.74, 6) is 5.08. The Balaban J connectivity index is 1.94. The summed E-state index contributed by atoms with van der Waals surface area (Å²) >= 11 is 0. The lowest BCUT2D eigenvalue weighted by Gasteiger charge is -2.26. The minimum absolute atomic E-state index is 0.494. The van der Waals surface area contributed by atoms with Gasteiger partial charge in [-0.15, -0.1) is 0 Å². The summed E-state index contributed by atoms with van der Waals surface area (Å²) < 4.78 is 0. The van der Waals surface area contributed by atoms with E-state index in [-0.39, 0.29) is 0 Å². The van der Waals surface area contributed by atoms with Gasteiger partial charge >= 0.3 is 0 Å². The van der Waals surface area contributed by atoms with E-state index in [2.05, 4.69) is 27.9 Å². The number of benzene rings is 1. The average Bonchev–Trinajstić information content (AvgIpc) is 2.31. The molecule has 2 rings (SSSR count). The van der Waals surface area contributed by atoms with Crippen LogP contribution in [0.25, 0.3) is 0 Å². The third-order valence-electron chi connectivity index (χ3n) is 3.10. The van der Waals surface area contributed by atoms with Gasteiger partial charge in [0.1, 0.15) is 0 Å². The summed E-state index contributed by atoms with van der Waals surface area (Å²) in [5.41, 5.74) is 2.51. The normalized spacial score (nSPS) is 17.6. The molecule has 0 saturated carbocycles. The largest absolute Gasteiger partial charge is 0.300 e. The number of rotatable bonds is 4. The molecule has 1 aliphatic rings. The lowest BCUT2D eigenvalue weighted by molar-refractivity contribution is 0.124. The van der Waals surface area contributed by atoms with Crippen molar-refractivity contribution in [2.45, 2.75) is 32.4 Å².